The van der Waals surface area contributed by atoms with Gasteiger partial charge in [0.15, 0.2) is 0 Å². The van der Waals surface area contributed by atoms with Gasteiger partial charge in [0, 0.05) is 12.4 Å². The zero-order valence-electron chi connectivity index (χ0n) is 4.34. The molecule has 0 bridgehead atoms. The van der Waals surface area contributed by atoms with Gasteiger partial charge in [0.25, 0.3) is 0 Å². The van der Waals surface area contributed by atoms with E-state index in [0.29, 0.717) is 0 Å². The van der Waals surface area contributed by atoms with Crippen LogP contribution in [0.1, 0.15) is 0 Å². The zero-order chi connectivity index (χ0) is 5.82. The molecule has 0 radical (unpaired) electrons. The molecule has 0 aliphatic heterocycles. The third-order valence-electron chi connectivity index (χ3n) is 0.904. The number of rotatable bonds is 1. The fourth-order valence-electron chi connectivity index (χ4n) is 0.472. The Morgan fingerprint density at radius 2 is 2.00 bits per heavy atom. The maximum Gasteiger partial charge on any atom is 0.237 e. The van der Waals surface area contributed by atoms with Gasteiger partial charge in [-0.3, -0.25) is 4.98 Å². The van der Waals surface area contributed by atoms with Gasteiger partial charge >= 0.3 is 0 Å². The molecule has 1 aromatic heterocycles. The summed E-state index contributed by atoms with van der Waals surface area (Å²) in [5.41, 5.74) is 1.26. The average Bonchev–Trinajstić information content (AvgIpc) is 1.90. The number of hydrogen-bond donors (Lipinski definition) is 0. The zero-order valence-corrected chi connectivity index (χ0v) is 5.93. The van der Waals surface area contributed by atoms with Crippen LogP contribution in [0.4, 0.5) is 0 Å². The van der Waals surface area contributed by atoms with Crippen molar-refractivity contribution >= 4 is 27.3 Å². The molecular formula is C5H5BBrN. The third kappa shape index (κ3) is 1.34. The van der Waals surface area contributed by atoms with E-state index >= 15 is 0 Å². The first kappa shape index (κ1) is 5.82. The Kier molecular flexibility index (Phi) is 2.09. The van der Waals surface area contributed by atoms with Crippen molar-refractivity contribution in [2.75, 3.05) is 0 Å². The minimum Gasteiger partial charge on any atom is -0.265 e. The van der Waals surface area contributed by atoms with Crippen LogP contribution >= 0.6 is 15.8 Å². The van der Waals surface area contributed by atoms with Crippen molar-refractivity contribution in [3.05, 3.63) is 24.5 Å². The predicted octanol–water partition coefficient (Wildman–Crippen LogP) is 0.453. The van der Waals surface area contributed by atoms with Crippen LogP contribution in [0.25, 0.3) is 0 Å². The monoisotopic (exact) mass is 169 g/mol. The Hall–Kier alpha value is -0.305. The molecule has 0 unspecified atom stereocenters. The largest absolute Gasteiger partial charge is 0.265 e. The van der Waals surface area contributed by atoms with Crippen molar-refractivity contribution in [2.45, 2.75) is 0 Å². The molecule has 0 atom stereocenters. The second-order valence-corrected chi connectivity index (χ2v) is 2.05. The Labute approximate surface area is 57.3 Å². The van der Waals surface area contributed by atoms with Crippen molar-refractivity contribution in [3.63, 3.8) is 0 Å². The van der Waals surface area contributed by atoms with Gasteiger partial charge in [-0.1, -0.05) is 5.46 Å². The maximum atomic E-state index is 3.87. The summed E-state index contributed by atoms with van der Waals surface area (Å²) in [6, 6.07) is 3.96. The lowest BCUT2D eigenvalue weighted by molar-refractivity contribution is 1.34. The molecule has 8 heavy (non-hydrogen) atoms. The Morgan fingerprint density at radius 3 is 2.38 bits per heavy atom. The van der Waals surface area contributed by atoms with E-state index in [2.05, 4.69) is 20.7 Å². The fraction of sp³-hybridized carbons (Fsp3) is 0. The molecule has 0 aliphatic carbocycles. The van der Waals surface area contributed by atoms with Crippen LogP contribution in [0, 0.1) is 0 Å². The summed E-state index contributed by atoms with van der Waals surface area (Å²) in [6.45, 7) is 0. The van der Waals surface area contributed by atoms with Gasteiger partial charge < -0.3 is 0 Å². The average molecular weight is 170 g/mol. The van der Waals surface area contributed by atoms with E-state index in [1.807, 2.05) is 12.1 Å². The number of pyridine rings is 1. The highest BCUT2D eigenvalue weighted by Gasteiger charge is 1.85. The van der Waals surface area contributed by atoms with Crippen LogP contribution in [0.5, 0.6) is 0 Å². The van der Waals surface area contributed by atoms with Gasteiger partial charge in [-0.25, -0.2) is 0 Å². The first-order valence-electron chi connectivity index (χ1n) is 2.38. The Morgan fingerprint density at radius 1 is 1.38 bits per heavy atom. The van der Waals surface area contributed by atoms with Crippen molar-refractivity contribution < 1.29 is 0 Å². The molecule has 0 fully saturated rings. The molecule has 0 N–H and O–H groups in total. The van der Waals surface area contributed by atoms with Crippen LogP contribution in [0.3, 0.4) is 0 Å². The van der Waals surface area contributed by atoms with Crippen LogP contribution in [-0.2, 0) is 0 Å². The molecule has 0 aromatic carbocycles. The summed E-state index contributed by atoms with van der Waals surface area (Å²) in [5, 5.41) is 0. The van der Waals surface area contributed by atoms with Crippen LogP contribution in [0.15, 0.2) is 24.5 Å². The van der Waals surface area contributed by atoms with Crippen LogP contribution < -0.4 is 5.46 Å². The number of hydrogen-bond acceptors (Lipinski definition) is 1. The molecule has 3 heteroatoms. The molecule has 1 aromatic rings. The van der Waals surface area contributed by atoms with Crippen molar-refractivity contribution in [2.24, 2.45) is 0 Å². The Balaban J connectivity index is 2.83. The second kappa shape index (κ2) is 2.87. The van der Waals surface area contributed by atoms with Crippen LogP contribution in [0.2, 0.25) is 0 Å². The van der Waals surface area contributed by atoms with E-state index in [4.69, 9.17) is 0 Å². The molecule has 0 saturated carbocycles. The number of nitrogens with zero attached hydrogens (tertiary/aromatic N) is 1. The maximum absolute atomic E-state index is 3.87. The SMILES string of the molecule is BrBc1ccncc1. The van der Waals surface area contributed by atoms with Gasteiger partial charge in [-0.2, -0.15) is 15.8 Å². The van der Waals surface area contributed by atoms with Crippen LogP contribution in [-0.4, -0.2) is 11.1 Å². The lowest BCUT2D eigenvalue weighted by Crippen LogP contribution is -2.06. The predicted molar refractivity (Wildman–Crippen MR) is 39.9 cm³/mol. The lowest BCUT2D eigenvalue weighted by atomic mass is 9.98. The van der Waals surface area contributed by atoms with Crippen molar-refractivity contribution in [1.82, 2.24) is 4.98 Å². The molecule has 1 heterocycles. The summed E-state index contributed by atoms with van der Waals surface area (Å²) in [7, 11) is 0. The van der Waals surface area contributed by atoms with Gasteiger partial charge in [0.1, 0.15) is 0 Å². The van der Waals surface area contributed by atoms with E-state index in [0.717, 1.165) is 6.10 Å². The normalized spacial score (nSPS) is 8.62. The van der Waals surface area contributed by atoms with E-state index in [-0.39, 0.29) is 0 Å². The van der Waals surface area contributed by atoms with Gasteiger partial charge in [-0.15, -0.1) is 0 Å². The van der Waals surface area contributed by atoms with E-state index in [1.54, 1.807) is 12.4 Å². The molecule has 0 spiro atoms. The lowest BCUT2D eigenvalue weighted by Gasteiger charge is -1.86. The second-order valence-electron chi connectivity index (χ2n) is 1.49. The molecule has 40 valence electrons. The summed E-state index contributed by atoms with van der Waals surface area (Å²) < 4.78 is 0. The summed E-state index contributed by atoms with van der Waals surface area (Å²) in [4.78, 5) is 3.87. The fourth-order valence-corrected chi connectivity index (χ4v) is 0.846. The first-order valence-corrected chi connectivity index (χ1v) is 3.50. The minimum absolute atomic E-state index is 0.912. The summed E-state index contributed by atoms with van der Waals surface area (Å²) in [6.07, 6.45) is 4.49. The molecule has 1 rings (SSSR count). The first-order chi connectivity index (χ1) is 3.93. The van der Waals surface area contributed by atoms with E-state index in [9.17, 15) is 0 Å². The molecule has 0 saturated heterocycles. The molecule has 1 nitrogen and oxygen atoms in total. The van der Waals surface area contributed by atoms with Crippen molar-refractivity contribution in [1.29, 1.82) is 0 Å². The number of aromatic nitrogens is 1. The molecule has 0 amide bonds. The third-order valence-corrected chi connectivity index (χ3v) is 1.55. The topological polar surface area (TPSA) is 12.9 Å². The quantitative estimate of drug-likeness (QED) is 0.557. The number of halogens is 1. The smallest absolute Gasteiger partial charge is 0.237 e. The van der Waals surface area contributed by atoms with E-state index < -0.39 is 0 Å². The standard InChI is InChI=1S/C5H5BBrN/c7-6-5-1-3-8-4-2-5/h1-4,6H. The van der Waals surface area contributed by atoms with Crippen molar-refractivity contribution in [3.8, 4) is 0 Å². The highest BCUT2D eigenvalue weighted by Crippen LogP contribution is 1.78. The summed E-state index contributed by atoms with van der Waals surface area (Å²) in [5.74, 6) is 0. The van der Waals surface area contributed by atoms with Gasteiger partial charge in [0.2, 0.25) is 6.10 Å². The highest BCUT2D eigenvalue weighted by atomic mass is 79.9. The molecular weight excluding hydrogens is 165 g/mol. The van der Waals surface area contributed by atoms with Gasteiger partial charge in [-0.05, 0) is 12.1 Å². The highest BCUT2D eigenvalue weighted by molar-refractivity contribution is 9.23. The van der Waals surface area contributed by atoms with Gasteiger partial charge in [0.05, 0.1) is 0 Å². The minimum atomic E-state index is 0.912. The summed E-state index contributed by atoms with van der Waals surface area (Å²) >= 11 is 3.33. The van der Waals surface area contributed by atoms with E-state index in [1.165, 1.54) is 5.46 Å². The molecule has 0 aliphatic rings. The Bertz CT molecular complexity index is 154.